The van der Waals surface area contributed by atoms with Gasteiger partial charge >= 0.3 is 0 Å². The monoisotopic (exact) mass is 275 g/mol. The van der Waals surface area contributed by atoms with E-state index in [1.165, 1.54) is 34.9 Å². The van der Waals surface area contributed by atoms with Gasteiger partial charge in [0.2, 0.25) is 0 Å². The lowest BCUT2D eigenvalue weighted by Gasteiger charge is -2.22. The highest BCUT2D eigenvalue weighted by Crippen LogP contribution is 2.34. The van der Waals surface area contributed by atoms with E-state index in [4.69, 9.17) is 0 Å². The Bertz CT molecular complexity index is 499. The fourth-order valence-corrected chi connectivity index (χ4v) is 3.81. The minimum Gasteiger partial charge on any atom is -0.310 e. The highest BCUT2D eigenvalue weighted by atomic mass is 32.1. The smallest absolute Gasteiger partial charge is 0.0346 e. The van der Waals surface area contributed by atoms with E-state index in [-0.39, 0.29) is 0 Å². The Morgan fingerprint density at radius 2 is 1.84 bits per heavy atom. The zero-order chi connectivity index (χ0) is 13.7. The molecule has 1 aromatic heterocycles. The van der Waals surface area contributed by atoms with E-state index in [9.17, 15) is 0 Å². The molecule has 1 N–H and O–H groups in total. The first-order chi connectivity index (χ1) is 9.30. The predicted octanol–water partition coefficient (Wildman–Crippen LogP) is 5.38. The summed E-state index contributed by atoms with van der Waals surface area (Å²) in [4.78, 5) is 0. The van der Waals surface area contributed by atoms with Crippen LogP contribution in [-0.2, 0) is 0 Å². The van der Waals surface area contributed by atoms with Crippen molar-refractivity contribution in [1.82, 2.24) is 5.32 Å². The van der Waals surface area contributed by atoms with Gasteiger partial charge in [0.25, 0.3) is 0 Å². The third-order valence-corrected chi connectivity index (χ3v) is 5.04. The van der Waals surface area contributed by atoms with E-state index in [1.807, 2.05) is 11.3 Å². The fraction of sp³-hybridized carbons (Fsp3) is 0.529. The van der Waals surface area contributed by atoms with Gasteiger partial charge in [-0.1, -0.05) is 51.8 Å². The van der Waals surface area contributed by atoms with Crippen LogP contribution in [-0.4, -0.2) is 6.54 Å². The lowest BCUT2D eigenvalue weighted by molar-refractivity contribution is 0.377. The second-order valence-corrected chi connectivity index (χ2v) is 6.13. The van der Waals surface area contributed by atoms with Crippen LogP contribution < -0.4 is 5.32 Å². The first-order valence-corrected chi connectivity index (χ1v) is 8.37. The number of fused-ring (bicyclic) bond motifs is 1. The molecule has 1 unspecified atom stereocenters. The molecule has 2 rings (SSSR count). The summed E-state index contributed by atoms with van der Waals surface area (Å²) in [7, 11) is 0. The van der Waals surface area contributed by atoms with Gasteiger partial charge in [-0.15, -0.1) is 11.3 Å². The SMILES string of the molecule is CCNC(CC(CC)CC)c1csc2ccccc12. The number of nitrogens with one attached hydrogen (secondary N) is 1. The van der Waals surface area contributed by atoms with Gasteiger partial charge < -0.3 is 5.32 Å². The van der Waals surface area contributed by atoms with Gasteiger partial charge in [-0.2, -0.15) is 0 Å². The summed E-state index contributed by atoms with van der Waals surface area (Å²) in [5.41, 5.74) is 1.49. The first kappa shape index (κ1) is 14.5. The molecule has 2 aromatic rings. The first-order valence-electron chi connectivity index (χ1n) is 7.49. The number of hydrogen-bond donors (Lipinski definition) is 1. The summed E-state index contributed by atoms with van der Waals surface area (Å²) < 4.78 is 1.41. The number of benzene rings is 1. The Kier molecular flexibility index (Phi) is 5.41. The van der Waals surface area contributed by atoms with Crippen LogP contribution in [0.1, 0.15) is 51.6 Å². The standard InChI is InChI=1S/C17H25NS/c1-4-13(5-2)11-16(18-6-3)15-12-19-17-10-8-7-9-14(15)17/h7-10,12-13,16,18H,4-6,11H2,1-3H3. The van der Waals surface area contributed by atoms with Crippen molar-refractivity contribution < 1.29 is 0 Å². The summed E-state index contributed by atoms with van der Waals surface area (Å²) in [6.07, 6.45) is 3.81. The zero-order valence-electron chi connectivity index (χ0n) is 12.3. The molecule has 0 aliphatic carbocycles. The largest absolute Gasteiger partial charge is 0.310 e. The van der Waals surface area contributed by atoms with Gasteiger partial charge in [0.15, 0.2) is 0 Å². The molecule has 1 heterocycles. The number of thiophene rings is 1. The van der Waals surface area contributed by atoms with E-state index in [0.717, 1.165) is 12.5 Å². The van der Waals surface area contributed by atoms with Gasteiger partial charge in [-0.05, 0) is 41.3 Å². The van der Waals surface area contributed by atoms with Crippen molar-refractivity contribution in [3.63, 3.8) is 0 Å². The van der Waals surface area contributed by atoms with E-state index in [2.05, 4.69) is 55.7 Å². The zero-order valence-corrected chi connectivity index (χ0v) is 13.1. The third-order valence-electron chi connectivity index (χ3n) is 4.06. The molecule has 2 heteroatoms. The topological polar surface area (TPSA) is 12.0 Å². The van der Waals surface area contributed by atoms with Crippen molar-refractivity contribution in [1.29, 1.82) is 0 Å². The molecule has 0 fully saturated rings. The average Bonchev–Trinajstić information content (AvgIpc) is 2.87. The second-order valence-electron chi connectivity index (χ2n) is 5.22. The van der Waals surface area contributed by atoms with Gasteiger partial charge in [0.05, 0.1) is 0 Å². The van der Waals surface area contributed by atoms with E-state index < -0.39 is 0 Å². The highest BCUT2D eigenvalue weighted by Gasteiger charge is 2.18. The molecule has 0 amide bonds. The van der Waals surface area contributed by atoms with Crippen LogP contribution in [0.15, 0.2) is 29.6 Å². The van der Waals surface area contributed by atoms with Crippen LogP contribution in [0, 0.1) is 5.92 Å². The lowest BCUT2D eigenvalue weighted by atomic mass is 9.91. The molecular formula is C17H25NS. The highest BCUT2D eigenvalue weighted by molar-refractivity contribution is 7.17. The molecule has 0 aliphatic rings. The molecule has 19 heavy (non-hydrogen) atoms. The summed E-state index contributed by atoms with van der Waals surface area (Å²) >= 11 is 1.87. The van der Waals surface area contributed by atoms with Crippen molar-refractivity contribution >= 4 is 21.4 Å². The van der Waals surface area contributed by atoms with E-state index in [0.29, 0.717) is 6.04 Å². The van der Waals surface area contributed by atoms with Gasteiger partial charge in [-0.3, -0.25) is 0 Å². The predicted molar refractivity (Wildman–Crippen MR) is 86.9 cm³/mol. The number of rotatable bonds is 7. The number of hydrogen-bond acceptors (Lipinski definition) is 2. The van der Waals surface area contributed by atoms with Crippen molar-refractivity contribution in [3.05, 3.63) is 35.2 Å². The quantitative estimate of drug-likeness (QED) is 0.715. The van der Waals surface area contributed by atoms with Crippen molar-refractivity contribution in [2.24, 2.45) is 5.92 Å². The van der Waals surface area contributed by atoms with Crippen LogP contribution in [0.5, 0.6) is 0 Å². The second kappa shape index (κ2) is 7.06. The molecule has 0 saturated carbocycles. The third kappa shape index (κ3) is 3.37. The average molecular weight is 275 g/mol. The molecule has 1 atom stereocenters. The van der Waals surface area contributed by atoms with Crippen LogP contribution >= 0.6 is 11.3 Å². The molecule has 0 spiro atoms. The van der Waals surface area contributed by atoms with Crippen molar-refractivity contribution in [3.8, 4) is 0 Å². The van der Waals surface area contributed by atoms with Crippen molar-refractivity contribution in [2.45, 2.75) is 46.1 Å². The van der Waals surface area contributed by atoms with Gasteiger partial charge in [-0.25, -0.2) is 0 Å². The Hall–Kier alpha value is -0.860. The maximum Gasteiger partial charge on any atom is 0.0346 e. The minimum atomic E-state index is 0.506. The molecular weight excluding hydrogens is 250 g/mol. The maximum absolute atomic E-state index is 3.68. The minimum absolute atomic E-state index is 0.506. The fourth-order valence-electron chi connectivity index (χ4n) is 2.79. The van der Waals surface area contributed by atoms with E-state index >= 15 is 0 Å². The van der Waals surface area contributed by atoms with Crippen LogP contribution in [0.3, 0.4) is 0 Å². The summed E-state index contributed by atoms with van der Waals surface area (Å²) in [5, 5.41) is 7.47. The molecule has 104 valence electrons. The Morgan fingerprint density at radius 1 is 1.11 bits per heavy atom. The Morgan fingerprint density at radius 3 is 2.53 bits per heavy atom. The van der Waals surface area contributed by atoms with Crippen LogP contribution in [0.2, 0.25) is 0 Å². The van der Waals surface area contributed by atoms with E-state index in [1.54, 1.807) is 0 Å². The molecule has 0 bridgehead atoms. The van der Waals surface area contributed by atoms with Gasteiger partial charge in [0.1, 0.15) is 0 Å². The van der Waals surface area contributed by atoms with Gasteiger partial charge in [0, 0.05) is 10.7 Å². The summed E-state index contributed by atoms with van der Waals surface area (Å²) in [5.74, 6) is 0.822. The molecule has 0 radical (unpaired) electrons. The van der Waals surface area contributed by atoms with Crippen molar-refractivity contribution in [2.75, 3.05) is 6.54 Å². The Balaban J connectivity index is 2.27. The normalized spacial score (nSPS) is 13.3. The molecule has 0 saturated heterocycles. The summed E-state index contributed by atoms with van der Waals surface area (Å²) in [6, 6.07) is 9.28. The van der Waals surface area contributed by atoms with Crippen LogP contribution in [0.25, 0.3) is 10.1 Å². The molecule has 0 aliphatic heterocycles. The summed E-state index contributed by atoms with van der Waals surface area (Å²) in [6.45, 7) is 7.86. The van der Waals surface area contributed by atoms with Crippen LogP contribution in [0.4, 0.5) is 0 Å². The Labute approximate surface area is 121 Å². The lowest BCUT2D eigenvalue weighted by Crippen LogP contribution is -2.23. The maximum atomic E-state index is 3.68. The molecule has 1 aromatic carbocycles. The molecule has 1 nitrogen and oxygen atoms in total.